The molecule has 1 unspecified atom stereocenters. The van der Waals surface area contributed by atoms with E-state index in [9.17, 15) is 10.1 Å². The second kappa shape index (κ2) is 6.69. The van der Waals surface area contributed by atoms with Gasteiger partial charge in [-0.05, 0) is 87.3 Å². The quantitative estimate of drug-likeness (QED) is 0.430. The van der Waals surface area contributed by atoms with Crippen LogP contribution in [0.1, 0.15) is 65.2 Å². The molecule has 0 heterocycles. The van der Waals surface area contributed by atoms with E-state index in [1.165, 1.54) is 5.57 Å². The van der Waals surface area contributed by atoms with Crippen molar-refractivity contribution < 1.29 is 9.22 Å². The molecular weight excluding hydrogens is 386 g/mol. The molecule has 0 aromatic heterocycles. The Labute approximate surface area is 176 Å². The number of nitriles is 1. The fraction of sp³-hybridized carbons (Fsp3) is 0.826. The number of carbonyl (C=O) groups is 1. The van der Waals surface area contributed by atoms with E-state index in [1.54, 1.807) is 0 Å². The molecular formula is C23H34ClNO2Si. The zero-order valence-electron chi connectivity index (χ0n) is 17.8. The van der Waals surface area contributed by atoms with Gasteiger partial charge in [0.25, 0.3) is 0 Å². The van der Waals surface area contributed by atoms with Crippen LogP contribution in [0, 0.1) is 39.9 Å². The van der Waals surface area contributed by atoms with Gasteiger partial charge < -0.3 is 4.43 Å². The summed E-state index contributed by atoms with van der Waals surface area (Å²) in [6.45, 7) is 9.02. The van der Waals surface area contributed by atoms with Gasteiger partial charge in [-0.3, -0.25) is 4.79 Å². The Hall–Kier alpha value is -0.633. The van der Waals surface area contributed by atoms with Gasteiger partial charge in [-0.15, -0.1) is 11.6 Å². The number of allylic oxidation sites excluding steroid dienone is 1. The van der Waals surface area contributed by atoms with Crippen LogP contribution in [0.4, 0.5) is 0 Å². The van der Waals surface area contributed by atoms with Crippen LogP contribution in [0.5, 0.6) is 0 Å². The molecule has 28 heavy (non-hydrogen) atoms. The second-order valence-corrected chi connectivity index (χ2v) is 15.7. The van der Waals surface area contributed by atoms with Gasteiger partial charge in [0.15, 0.2) is 5.78 Å². The lowest BCUT2D eigenvalue weighted by Crippen LogP contribution is -2.58. The zero-order valence-corrected chi connectivity index (χ0v) is 19.6. The lowest BCUT2D eigenvalue weighted by Gasteiger charge is -2.59. The number of alkyl halides is 1. The van der Waals surface area contributed by atoms with Crippen molar-refractivity contribution in [1.29, 1.82) is 5.26 Å². The molecule has 0 aliphatic heterocycles. The van der Waals surface area contributed by atoms with Crippen molar-refractivity contribution in [1.82, 2.24) is 0 Å². The van der Waals surface area contributed by atoms with Gasteiger partial charge in [0.1, 0.15) is 5.60 Å². The summed E-state index contributed by atoms with van der Waals surface area (Å²) in [6, 6.07) is 2.67. The first kappa shape index (κ1) is 20.6. The molecule has 0 saturated heterocycles. The first-order chi connectivity index (χ1) is 13.1. The molecule has 0 aromatic carbocycles. The summed E-state index contributed by atoms with van der Waals surface area (Å²) in [5.41, 5.74) is 1.36. The van der Waals surface area contributed by atoms with Gasteiger partial charge in [-0.1, -0.05) is 19.4 Å². The normalized spacial score (nSPS) is 45.5. The molecule has 4 rings (SSSR count). The Balaban J connectivity index is 1.67. The van der Waals surface area contributed by atoms with E-state index >= 15 is 0 Å². The first-order valence-corrected chi connectivity index (χ1v) is 14.7. The molecule has 3 nitrogen and oxygen atoms in total. The van der Waals surface area contributed by atoms with Crippen LogP contribution < -0.4 is 0 Å². The molecule has 5 heteroatoms. The molecule has 0 bridgehead atoms. The third-order valence-corrected chi connectivity index (χ3v) is 12.5. The van der Waals surface area contributed by atoms with Crippen LogP contribution in [0.15, 0.2) is 11.6 Å². The minimum atomic E-state index is -2.06. The van der Waals surface area contributed by atoms with Gasteiger partial charge >= 0.3 is 0 Å². The maximum Gasteiger partial charge on any atom is 0.203 e. The summed E-state index contributed by atoms with van der Waals surface area (Å²) >= 11 is 6.22. The predicted molar refractivity (Wildman–Crippen MR) is 114 cm³/mol. The van der Waals surface area contributed by atoms with Gasteiger partial charge in [0.05, 0.1) is 6.07 Å². The summed E-state index contributed by atoms with van der Waals surface area (Å²) in [7, 11) is -2.06. The predicted octanol–water partition coefficient (Wildman–Crippen LogP) is 5.78. The monoisotopic (exact) mass is 419 g/mol. The van der Waals surface area contributed by atoms with Crippen molar-refractivity contribution in [2.75, 3.05) is 5.50 Å². The molecule has 0 spiro atoms. The van der Waals surface area contributed by atoms with Gasteiger partial charge in [0, 0.05) is 17.3 Å². The van der Waals surface area contributed by atoms with E-state index in [4.69, 9.17) is 16.0 Å². The average Bonchev–Trinajstić information content (AvgIpc) is 2.94. The van der Waals surface area contributed by atoms with Crippen LogP contribution in [0.3, 0.4) is 0 Å². The summed E-state index contributed by atoms with van der Waals surface area (Å²) in [6.07, 6.45) is 10.0. The minimum Gasteiger partial charge on any atom is -0.398 e. The lowest BCUT2D eigenvalue weighted by molar-refractivity contribution is -0.118. The maximum atomic E-state index is 12.0. The molecule has 6 atom stereocenters. The molecule has 3 fully saturated rings. The molecule has 154 valence electrons. The van der Waals surface area contributed by atoms with Crippen LogP contribution in [-0.2, 0) is 9.22 Å². The highest BCUT2D eigenvalue weighted by molar-refractivity contribution is 6.77. The number of hydrogen-bond acceptors (Lipinski definition) is 3. The lowest BCUT2D eigenvalue weighted by atomic mass is 9.46. The molecule has 3 saturated carbocycles. The number of carbonyl (C=O) groups excluding carboxylic acids is 1. The fourth-order valence-corrected chi connectivity index (χ4v) is 8.97. The smallest absolute Gasteiger partial charge is 0.203 e. The topological polar surface area (TPSA) is 50.1 Å². The van der Waals surface area contributed by atoms with Crippen LogP contribution in [-0.4, -0.2) is 25.2 Å². The Kier molecular flexibility index (Phi) is 4.93. The second-order valence-electron chi connectivity index (χ2n) is 10.9. The van der Waals surface area contributed by atoms with Gasteiger partial charge in [0.2, 0.25) is 8.32 Å². The Morgan fingerprint density at radius 1 is 1.18 bits per heavy atom. The average molecular weight is 420 g/mol. The fourth-order valence-electron chi connectivity index (χ4n) is 7.43. The van der Waals surface area contributed by atoms with Crippen LogP contribution in [0.2, 0.25) is 13.1 Å². The summed E-state index contributed by atoms with van der Waals surface area (Å²) in [5.74, 6) is 2.15. The SMILES string of the molecule is C[C@]12CCC(=O)C=C1CC[C@@H]1[C@H]2CC[C@@]2(C)[C@H]1CCC2(C#N)O[Si](C)(C)CCl. The molecule has 0 radical (unpaired) electrons. The number of nitrogens with zero attached hydrogens (tertiary/aromatic N) is 1. The highest BCUT2D eigenvalue weighted by atomic mass is 35.5. The van der Waals surface area contributed by atoms with E-state index in [-0.39, 0.29) is 10.8 Å². The van der Waals surface area contributed by atoms with Crippen molar-refractivity contribution in [3.8, 4) is 6.07 Å². The molecule has 4 aliphatic carbocycles. The molecule has 0 aromatic rings. The summed E-state index contributed by atoms with van der Waals surface area (Å²) in [5, 5.41) is 10.3. The highest BCUT2D eigenvalue weighted by Crippen LogP contribution is 2.68. The summed E-state index contributed by atoms with van der Waals surface area (Å²) < 4.78 is 6.67. The standard InChI is InChI=1S/C23H34ClNO2Si/c1-21-10-7-17(26)13-16(21)5-6-18-19(21)8-11-22(2)20(18)9-12-23(22,14-25)27-28(3,4)15-24/h13,18-20H,5-12,15H2,1-4H3/t18-,19-,20+,21+,22+,23?/m1/s1. The van der Waals surface area contributed by atoms with Crippen molar-refractivity contribution in [3.05, 3.63) is 11.6 Å². The van der Waals surface area contributed by atoms with E-state index in [1.807, 2.05) is 6.08 Å². The van der Waals surface area contributed by atoms with E-state index in [2.05, 4.69) is 33.0 Å². The number of rotatable bonds is 3. The van der Waals surface area contributed by atoms with Crippen molar-refractivity contribution in [3.63, 3.8) is 0 Å². The zero-order chi connectivity index (χ0) is 20.4. The highest BCUT2D eigenvalue weighted by Gasteiger charge is 2.66. The molecule has 0 N–H and O–H groups in total. The third kappa shape index (κ3) is 2.80. The van der Waals surface area contributed by atoms with Crippen LogP contribution in [0.25, 0.3) is 0 Å². The van der Waals surface area contributed by atoms with E-state index in [0.717, 1.165) is 44.9 Å². The number of fused-ring (bicyclic) bond motifs is 5. The van der Waals surface area contributed by atoms with Crippen molar-refractivity contribution in [2.24, 2.45) is 28.6 Å². The van der Waals surface area contributed by atoms with Gasteiger partial charge in [-0.2, -0.15) is 5.26 Å². The molecule has 0 amide bonds. The Morgan fingerprint density at radius 3 is 2.57 bits per heavy atom. The van der Waals surface area contributed by atoms with Crippen LogP contribution >= 0.6 is 11.6 Å². The minimum absolute atomic E-state index is 0.0820. The summed E-state index contributed by atoms with van der Waals surface area (Å²) in [4.78, 5) is 12.0. The molecule has 4 aliphatic rings. The van der Waals surface area contributed by atoms with Crippen molar-refractivity contribution in [2.45, 2.75) is 83.9 Å². The maximum absolute atomic E-state index is 12.0. The number of ketones is 1. The Bertz CT molecular complexity index is 758. The van der Waals surface area contributed by atoms with Crippen molar-refractivity contribution >= 4 is 25.7 Å². The third-order valence-electron chi connectivity index (χ3n) is 9.03. The van der Waals surface area contributed by atoms with Gasteiger partial charge in [-0.25, -0.2) is 0 Å². The number of halogens is 1. The number of hydrogen-bond donors (Lipinski definition) is 0. The Morgan fingerprint density at radius 2 is 1.89 bits per heavy atom. The van der Waals surface area contributed by atoms with E-state index < -0.39 is 13.9 Å². The largest absolute Gasteiger partial charge is 0.398 e. The first-order valence-electron chi connectivity index (χ1n) is 11.0. The van der Waals surface area contributed by atoms with E-state index in [0.29, 0.717) is 35.5 Å².